The van der Waals surface area contributed by atoms with Crippen LogP contribution in [0.5, 0.6) is 0 Å². The summed E-state index contributed by atoms with van der Waals surface area (Å²) < 4.78 is 5.83. The number of oxazole rings is 1. The van der Waals surface area contributed by atoms with Crippen molar-refractivity contribution in [2.75, 3.05) is 16.9 Å². The Labute approximate surface area is 192 Å². The van der Waals surface area contributed by atoms with Gasteiger partial charge in [0.1, 0.15) is 6.04 Å². The van der Waals surface area contributed by atoms with Crippen molar-refractivity contribution in [1.29, 1.82) is 0 Å². The monoisotopic (exact) mass is 449 g/mol. The standard InChI is InChI=1S/C25H27N3O3S/c1-16-4-7-19(8-5-16)22-13-26-23(31-22)10-11-24(29)28-15-32-14-21(28)25(30)27-20-9-6-17(2)18(3)12-20/h4-9,12-13,21H,10-11,14-15H2,1-3H3,(H,27,30). The van der Waals surface area contributed by atoms with Gasteiger partial charge in [-0.15, -0.1) is 11.8 Å². The highest BCUT2D eigenvalue weighted by Crippen LogP contribution is 2.25. The van der Waals surface area contributed by atoms with E-state index in [1.54, 1.807) is 22.9 Å². The lowest BCUT2D eigenvalue weighted by Crippen LogP contribution is -2.44. The van der Waals surface area contributed by atoms with Crippen LogP contribution in [0.2, 0.25) is 0 Å². The Hall–Kier alpha value is -3.06. The number of amides is 2. The molecular formula is C25H27N3O3S. The average Bonchev–Trinajstić information content (AvgIpc) is 3.45. The molecule has 0 spiro atoms. The molecule has 1 aromatic heterocycles. The first-order valence-electron chi connectivity index (χ1n) is 10.7. The minimum atomic E-state index is -0.471. The smallest absolute Gasteiger partial charge is 0.248 e. The summed E-state index contributed by atoms with van der Waals surface area (Å²) in [7, 11) is 0. The molecule has 7 heteroatoms. The van der Waals surface area contributed by atoms with Crippen LogP contribution in [-0.2, 0) is 16.0 Å². The molecule has 1 N–H and O–H groups in total. The summed E-state index contributed by atoms with van der Waals surface area (Å²) in [6.07, 6.45) is 2.34. The highest BCUT2D eigenvalue weighted by molar-refractivity contribution is 7.99. The summed E-state index contributed by atoms with van der Waals surface area (Å²) in [6, 6.07) is 13.4. The van der Waals surface area contributed by atoms with Crippen LogP contribution in [0.15, 0.2) is 53.1 Å². The Morgan fingerprint density at radius 3 is 2.66 bits per heavy atom. The molecule has 166 valence electrons. The summed E-state index contributed by atoms with van der Waals surface area (Å²) in [5.74, 6) is 2.12. The van der Waals surface area contributed by atoms with E-state index in [0.29, 0.717) is 29.7 Å². The van der Waals surface area contributed by atoms with Gasteiger partial charge in [0.25, 0.3) is 0 Å². The molecule has 1 unspecified atom stereocenters. The molecule has 1 fully saturated rings. The Morgan fingerprint density at radius 2 is 1.91 bits per heavy atom. The van der Waals surface area contributed by atoms with Crippen LogP contribution in [0.1, 0.15) is 29.0 Å². The number of thioether (sulfide) groups is 1. The topological polar surface area (TPSA) is 75.4 Å². The predicted molar refractivity (Wildman–Crippen MR) is 128 cm³/mol. The minimum Gasteiger partial charge on any atom is -0.441 e. The minimum absolute atomic E-state index is 0.0645. The van der Waals surface area contributed by atoms with Crippen LogP contribution >= 0.6 is 11.8 Å². The molecule has 0 radical (unpaired) electrons. The SMILES string of the molecule is Cc1ccc(-c2cnc(CCC(=O)N3CSCC3C(=O)Nc3ccc(C)c(C)c3)o2)cc1. The normalized spacial score (nSPS) is 15.7. The maximum atomic E-state index is 12.9. The number of aromatic nitrogens is 1. The first kappa shape index (κ1) is 22.1. The molecule has 1 aliphatic heterocycles. The molecule has 0 aliphatic carbocycles. The lowest BCUT2D eigenvalue weighted by Gasteiger charge is -2.23. The fourth-order valence-electron chi connectivity index (χ4n) is 3.58. The van der Waals surface area contributed by atoms with Gasteiger partial charge in [-0.25, -0.2) is 4.98 Å². The van der Waals surface area contributed by atoms with E-state index in [9.17, 15) is 9.59 Å². The highest BCUT2D eigenvalue weighted by Gasteiger charge is 2.34. The molecule has 6 nitrogen and oxygen atoms in total. The average molecular weight is 450 g/mol. The summed E-state index contributed by atoms with van der Waals surface area (Å²) in [5, 5.41) is 2.96. The number of anilines is 1. The first-order valence-corrected chi connectivity index (χ1v) is 11.8. The maximum Gasteiger partial charge on any atom is 0.248 e. The van der Waals surface area contributed by atoms with E-state index in [0.717, 1.165) is 16.8 Å². The molecule has 1 saturated heterocycles. The fraction of sp³-hybridized carbons (Fsp3) is 0.320. The summed E-state index contributed by atoms with van der Waals surface area (Å²) >= 11 is 1.59. The zero-order chi connectivity index (χ0) is 22.7. The van der Waals surface area contributed by atoms with E-state index >= 15 is 0 Å². The van der Waals surface area contributed by atoms with Crippen molar-refractivity contribution in [2.24, 2.45) is 0 Å². The fourth-order valence-corrected chi connectivity index (χ4v) is 4.77. The number of rotatable bonds is 6. The number of carbonyl (C=O) groups is 2. The van der Waals surface area contributed by atoms with Crippen molar-refractivity contribution in [3.05, 3.63) is 71.2 Å². The first-order chi connectivity index (χ1) is 15.4. The van der Waals surface area contributed by atoms with Gasteiger partial charge >= 0.3 is 0 Å². The second kappa shape index (κ2) is 9.61. The third kappa shape index (κ3) is 5.05. The van der Waals surface area contributed by atoms with Crippen LogP contribution in [0.4, 0.5) is 5.69 Å². The molecule has 0 bridgehead atoms. The number of nitrogens with zero attached hydrogens (tertiary/aromatic N) is 2. The van der Waals surface area contributed by atoms with Gasteiger partial charge in [0.15, 0.2) is 11.7 Å². The van der Waals surface area contributed by atoms with Crippen molar-refractivity contribution >= 4 is 29.3 Å². The molecule has 2 aromatic carbocycles. The van der Waals surface area contributed by atoms with Gasteiger partial charge in [-0.05, 0) is 44.0 Å². The van der Waals surface area contributed by atoms with Crippen LogP contribution in [0, 0.1) is 20.8 Å². The van der Waals surface area contributed by atoms with Crippen LogP contribution in [0.25, 0.3) is 11.3 Å². The second-order valence-electron chi connectivity index (χ2n) is 8.15. The Morgan fingerprint density at radius 1 is 1.12 bits per heavy atom. The number of benzene rings is 2. The quantitative estimate of drug-likeness (QED) is 0.588. The van der Waals surface area contributed by atoms with Gasteiger partial charge in [-0.1, -0.05) is 35.9 Å². The number of aryl methyl sites for hydroxylation is 4. The van der Waals surface area contributed by atoms with E-state index in [2.05, 4.69) is 10.3 Å². The van der Waals surface area contributed by atoms with Gasteiger partial charge in [0, 0.05) is 29.8 Å². The molecule has 2 heterocycles. The zero-order valence-corrected chi connectivity index (χ0v) is 19.4. The van der Waals surface area contributed by atoms with Crippen molar-refractivity contribution in [1.82, 2.24) is 9.88 Å². The van der Waals surface area contributed by atoms with E-state index < -0.39 is 6.04 Å². The molecule has 32 heavy (non-hydrogen) atoms. The van der Waals surface area contributed by atoms with Crippen LogP contribution in [-0.4, -0.2) is 39.4 Å². The van der Waals surface area contributed by atoms with Gasteiger partial charge in [0.05, 0.1) is 12.1 Å². The summed E-state index contributed by atoms with van der Waals surface area (Å²) in [5.41, 5.74) is 5.19. The summed E-state index contributed by atoms with van der Waals surface area (Å²) in [4.78, 5) is 31.7. The molecule has 3 aromatic rings. The lowest BCUT2D eigenvalue weighted by molar-refractivity contribution is -0.136. The Kier molecular flexibility index (Phi) is 6.65. The van der Waals surface area contributed by atoms with E-state index in [-0.39, 0.29) is 18.2 Å². The van der Waals surface area contributed by atoms with E-state index in [1.165, 1.54) is 11.1 Å². The number of carbonyl (C=O) groups excluding carboxylic acids is 2. The number of hydrogen-bond donors (Lipinski definition) is 1. The largest absolute Gasteiger partial charge is 0.441 e. The summed E-state index contributed by atoms with van der Waals surface area (Å²) in [6.45, 7) is 6.08. The Bertz CT molecular complexity index is 1120. The van der Waals surface area contributed by atoms with Gasteiger partial charge in [-0.2, -0.15) is 0 Å². The second-order valence-corrected chi connectivity index (χ2v) is 9.15. The van der Waals surface area contributed by atoms with Crippen molar-refractivity contribution in [2.45, 2.75) is 39.7 Å². The third-order valence-electron chi connectivity index (χ3n) is 5.72. The lowest BCUT2D eigenvalue weighted by atomic mass is 10.1. The van der Waals surface area contributed by atoms with Crippen LogP contribution in [0.3, 0.4) is 0 Å². The predicted octanol–water partition coefficient (Wildman–Crippen LogP) is 4.74. The van der Waals surface area contributed by atoms with Gasteiger partial charge in [-0.3, -0.25) is 9.59 Å². The molecule has 0 saturated carbocycles. The Balaban J connectivity index is 1.35. The third-order valence-corrected chi connectivity index (χ3v) is 6.73. The molecular weight excluding hydrogens is 422 g/mol. The van der Waals surface area contributed by atoms with E-state index in [4.69, 9.17) is 4.42 Å². The van der Waals surface area contributed by atoms with Crippen molar-refractivity contribution in [3.63, 3.8) is 0 Å². The van der Waals surface area contributed by atoms with E-state index in [1.807, 2.05) is 63.2 Å². The van der Waals surface area contributed by atoms with Crippen LogP contribution < -0.4 is 5.32 Å². The van der Waals surface area contributed by atoms with Gasteiger partial charge < -0.3 is 14.6 Å². The molecule has 4 rings (SSSR count). The van der Waals surface area contributed by atoms with Crippen molar-refractivity contribution in [3.8, 4) is 11.3 Å². The zero-order valence-electron chi connectivity index (χ0n) is 18.6. The van der Waals surface area contributed by atoms with Crippen molar-refractivity contribution < 1.29 is 14.0 Å². The highest BCUT2D eigenvalue weighted by atomic mass is 32.2. The maximum absolute atomic E-state index is 12.9. The molecule has 2 amide bonds. The molecule has 1 aliphatic rings. The number of nitrogens with one attached hydrogen (secondary N) is 1. The van der Waals surface area contributed by atoms with Gasteiger partial charge in [0.2, 0.25) is 11.8 Å². The number of hydrogen-bond acceptors (Lipinski definition) is 5. The molecule has 1 atom stereocenters.